The molecule has 1 aromatic heterocycles. The van der Waals surface area contributed by atoms with E-state index in [1.54, 1.807) is 24.3 Å². The fraction of sp³-hybridized carbons (Fsp3) is 0.0769. The van der Waals surface area contributed by atoms with Crippen molar-refractivity contribution in [3.63, 3.8) is 0 Å². The zero-order valence-corrected chi connectivity index (χ0v) is 11.8. The minimum Gasteiger partial charge on any atom is -0.481 e. The monoisotopic (exact) mass is 315 g/mol. The lowest BCUT2D eigenvalue weighted by atomic mass is 10.0. The molecule has 0 saturated carbocycles. The normalized spacial score (nSPS) is 10.5. The lowest BCUT2D eigenvalue weighted by molar-refractivity contribution is -0.136. The summed E-state index contributed by atoms with van der Waals surface area (Å²) in [6, 6.07) is 6.53. The van der Waals surface area contributed by atoms with Crippen LogP contribution in [0.3, 0.4) is 0 Å². The number of aliphatic carboxylic acids is 1. The number of carboxylic acids is 1. The minimum absolute atomic E-state index is 0.179. The summed E-state index contributed by atoms with van der Waals surface area (Å²) in [5, 5.41) is 10.2. The summed E-state index contributed by atoms with van der Waals surface area (Å²) in [4.78, 5) is 15.0. The summed E-state index contributed by atoms with van der Waals surface area (Å²) in [5.74, 6) is -0.963. The van der Waals surface area contributed by atoms with Crippen molar-refractivity contribution in [2.24, 2.45) is 0 Å². The Morgan fingerprint density at radius 3 is 2.53 bits per heavy atom. The predicted octanol–water partition coefficient (Wildman–Crippen LogP) is 4.34. The molecule has 0 amide bonds. The smallest absolute Gasteiger partial charge is 0.307 e. The highest BCUT2D eigenvalue weighted by molar-refractivity contribution is 6.36. The second kappa shape index (κ2) is 5.78. The predicted molar refractivity (Wildman–Crippen MR) is 76.0 cm³/mol. The molecule has 1 aromatic carbocycles. The van der Waals surface area contributed by atoms with E-state index < -0.39 is 5.97 Å². The molecule has 2 rings (SSSR count). The van der Waals surface area contributed by atoms with E-state index in [0.717, 1.165) is 0 Å². The molecule has 3 nitrogen and oxygen atoms in total. The van der Waals surface area contributed by atoms with E-state index in [4.69, 9.17) is 39.9 Å². The number of rotatable bonds is 3. The maximum atomic E-state index is 10.9. The van der Waals surface area contributed by atoms with Gasteiger partial charge in [0.05, 0.1) is 22.2 Å². The van der Waals surface area contributed by atoms with Crippen molar-refractivity contribution in [2.75, 3.05) is 0 Å². The van der Waals surface area contributed by atoms with Crippen LogP contribution in [0.25, 0.3) is 11.3 Å². The third-order valence-corrected chi connectivity index (χ3v) is 3.22. The van der Waals surface area contributed by atoms with Gasteiger partial charge < -0.3 is 5.11 Å². The molecule has 0 unspecified atom stereocenters. The fourth-order valence-corrected chi connectivity index (χ4v) is 2.38. The Morgan fingerprint density at radius 1 is 1.16 bits per heavy atom. The van der Waals surface area contributed by atoms with Gasteiger partial charge in [-0.3, -0.25) is 9.78 Å². The average molecular weight is 317 g/mol. The first-order chi connectivity index (χ1) is 8.97. The number of carbonyl (C=O) groups is 1. The Hall–Kier alpha value is -1.29. The topological polar surface area (TPSA) is 50.2 Å². The summed E-state index contributed by atoms with van der Waals surface area (Å²) in [7, 11) is 0. The SMILES string of the molecule is O=C(O)Cc1cc(Cl)cnc1-c1ccc(Cl)cc1Cl. The van der Waals surface area contributed by atoms with Gasteiger partial charge in [-0.05, 0) is 29.8 Å². The minimum atomic E-state index is -0.963. The summed E-state index contributed by atoms with van der Waals surface area (Å²) < 4.78 is 0. The number of halogens is 3. The molecular weight excluding hydrogens is 309 g/mol. The first-order valence-corrected chi connectivity index (χ1v) is 6.42. The first-order valence-electron chi connectivity index (χ1n) is 5.29. The van der Waals surface area contributed by atoms with E-state index in [0.29, 0.717) is 31.9 Å². The highest BCUT2D eigenvalue weighted by Crippen LogP contribution is 2.32. The Morgan fingerprint density at radius 2 is 1.89 bits per heavy atom. The first kappa shape index (κ1) is 14.1. The summed E-state index contributed by atoms with van der Waals surface area (Å²) >= 11 is 17.8. The number of hydrogen-bond acceptors (Lipinski definition) is 2. The molecule has 0 aliphatic rings. The van der Waals surface area contributed by atoms with Crippen LogP contribution in [-0.4, -0.2) is 16.1 Å². The maximum absolute atomic E-state index is 10.9. The molecule has 19 heavy (non-hydrogen) atoms. The maximum Gasteiger partial charge on any atom is 0.307 e. The van der Waals surface area contributed by atoms with Crippen LogP contribution < -0.4 is 0 Å². The van der Waals surface area contributed by atoms with Crippen molar-refractivity contribution in [1.82, 2.24) is 4.98 Å². The van der Waals surface area contributed by atoms with Gasteiger partial charge in [-0.1, -0.05) is 34.8 Å². The Labute approximate surface area is 124 Å². The molecule has 1 heterocycles. The van der Waals surface area contributed by atoms with Gasteiger partial charge in [-0.15, -0.1) is 0 Å². The number of pyridine rings is 1. The molecule has 0 aliphatic heterocycles. The molecule has 2 aromatic rings. The molecule has 6 heteroatoms. The molecule has 0 saturated heterocycles. The van der Waals surface area contributed by atoms with Crippen LogP contribution in [0.5, 0.6) is 0 Å². The van der Waals surface area contributed by atoms with Gasteiger partial charge in [0.15, 0.2) is 0 Å². The van der Waals surface area contributed by atoms with Gasteiger partial charge in [0.25, 0.3) is 0 Å². The summed E-state index contributed by atoms with van der Waals surface area (Å²) in [5.41, 5.74) is 1.62. The van der Waals surface area contributed by atoms with E-state index in [1.807, 2.05) is 0 Å². The van der Waals surface area contributed by atoms with E-state index in [2.05, 4.69) is 4.98 Å². The molecule has 0 spiro atoms. The largest absolute Gasteiger partial charge is 0.481 e. The van der Waals surface area contributed by atoms with Crippen LogP contribution in [0.15, 0.2) is 30.5 Å². The van der Waals surface area contributed by atoms with Gasteiger partial charge in [-0.2, -0.15) is 0 Å². The van der Waals surface area contributed by atoms with Gasteiger partial charge >= 0.3 is 5.97 Å². The molecule has 0 aliphatic carbocycles. The lowest BCUT2D eigenvalue weighted by Crippen LogP contribution is -2.03. The highest BCUT2D eigenvalue weighted by atomic mass is 35.5. The van der Waals surface area contributed by atoms with Gasteiger partial charge in [0.1, 0.15) is 0 Å². The average Bonchev–Trinajstić information content (AvgIpc) is 2.30. The van der Waals surface area contributed by atoms with E-state index >= 15 is 0 Å². The highest BCUT2D eigenvalue weighted by Gasteiger charge is 2.14. The number of aromatic nitrogens is 1. The zero-order chi connectivity index (χ0) is 14.0. The third kappa shape index (κ3) is 3.38. The Kier molecular flexibility index (Phi) is 4.30. The number of benzene rings is 1. The van der Waals surface area contributed by atoms with Gasteiger partial charge in [0, 0.05) is 16.8 Å². The fourth-order valence-electron chi connectivity index (χ4n) is 1.70. The van der Waals surface area contributed by atoms with E-state index in [-0.39, 0.29) is 6.42 Å². The van der Waals surface area contributed by atoms with Crippen LogP contribution in [0, 0.1) is 0 Å². The molecular formula is C13H8Cl3NO2. The zero-order valence-electron chi connectivity index (χ0n) is 9.53. The van der Waals surface area contributed by atoms with Crippen molar-refractivity contribution in [3.05, 3.63) is 51.1 Å². The summed E-state index contributed by atoms with van der Waals surface area (Å²) in [6.45, 7) is 0. The molecule has 98 valence electrons. The molecule has 0 radical (unpaired) electrons. The van der Waals surface area contributed by atoms with Crippen molar-refractivity contribution < 1.29 is 9.90 Å². The lowest BCUT2D eigenvalue weighted by Gasteiger charge is -2.09. The number of hydrogen-bond donors (Lipinski definition) is 1. The second-order valence-electron chi connectivity index (χ2n) is 3.86. The van der Waals surface area contributed by atoms with Crippen LogP contribution in [-0.2, 0) is 11.2 Å². The molecule has 0 fully saturated rings. The van der Waals surface area contributed by atoms with E-state index in [9.17, 15) is 4.79 Å². The number of nitrogens with zero attached hydrogens (tertiary/aromatic N) is 1. The number of carboxylic acid groups (broad SMARTS) is 1. The molecule has 0 atom stereocenters. The van der Waals surface area contributed by atoms with Gasteiger partial charge in [0.2, 0.25) is 0 Å². The molecule has 1 N–H and O–H groups in total. The quantitative estimate of drug-likeness (QED) is 0.916. The van der Waals surface area contributed by atoms with Gasteiger partial charge in [-0.25, -0.2) is 0 Å². The van der Waals surface area contributed by atoms with Crippen LogP contribution >= 0.6 is 34.8 Å². The Balaban J connectivity index is 2.57. The van der Waals surface area contributed by atoms with Crippen LogP contribution in [0.4, 0.5) is 0 Å². The van der Waals surface area contributed by atoms with Crippen molar-refractivity contribution >= 4 is 40.8 Å². The van der Waals surface area contributed by atoms with Crippen molar-refractivity contribution in [3.8, 4) is 11.3 Å². The van der Waals surface area contributed by atoms with E-state index in [1.165, 1.54) is 6.20 Å². The van der Waals surface area contributed by atoms with Crippen LogP contribution in [0.1, 0.15) is 5.56 Å². The van der Waals surface area contributed by atoms with Crippen LogP contribution in [0.2, 0.25) is 15.1 Å². The van der Waals surface area contributed by atoms with Crippen molar-refractivity contribution in [1.29, 1.82) is 0 Å². The third-order valence-electron chi connectivity index (χ3n) is 2.46. The standard InChI is InChI=1S/C13H8Cl3NO2/c14-8-1-2-10(11(16)5-8)13-7(4-12(18)19)3-9(15)6-17-13/h1-3,5-6H,4H2,(H,18,19). The second-order valence-corrected chi connectivity index (χ2v) is 5.14. The van der Waals surface area contributed by atoms with Crippen molar-refractivity contribution in [2.45, 2.75) is 6.42 Å². The summed E-state index contributed by atoms with van der Waals surface area (Å²) in [6.07, 6.45) is 1.27. The Bertz CT molecular complexity index is 644. The molecule has 0 bridgehead atoms.